The van der Waals surface area contributed by atoms with E-state index >= 15 is 0 Å². The highest BCUT2D eigenvalue weighted by Crippen LogP contribution is 2.54. The van der Waals surface area contributed by atoms with Crippen molar-refractivity contribution in [3.8, 4) is 0 Å². The Morgan fingerprint density at radius 1 is 1.53 bits per heavy atom. The smallest absolute Gasteiger partial charge is 0.249 e. The summed E-state index contributed by atoms with van der Waals surface area (Å²) in [6.45, 7) is 0. The van der Waals surface area contributed by atoms with Crippen LogP contribution in [0.4, 0.5) is 0 Å². The monoisotopic (exact) mass is 246 g/mol. The fourth-order valence-corrected chi connectivity index (χ4v) is 3.79. The SMILES string of the molecule is NC(=O)C1=CSC23CC(=O)CC=C2N=CC=C13. The molecule has 5 heteroatoms. The Kier molecular flexibility index (Phi) is 2.13. The Balaban J connectivity index is 2.14. The lowest BCUT2D eigenvalue weighted by atomic mass is 9.80. The molecule has 3 rings (SSSR count). The molecule has 0 saturated carbocycles. The minimum absolute atomic E-state index is 0.170. The van der Waals surface area contributed by atoms with E-state index in [9.17, 15) is 9.59 Å². The molecule has 0 saturated heterocycles. The lowest BCUT2D eigenvalue weighted by Gasteiger charge is -2.35. The molecule has 2 N–H and O–H groups in total. The van der Waals surface area contributed by atoms with Gasteiger partial charge in [0.2, 0.25) is 5.91 Å². The zero-order valence-corrected chi connectivity index (χ0v) is 9.79. The van der Waals surface area contributed by atoms with Crippen LogP contribution >= 0.6 is 11.8 Å². The fraction of sp³-hybridized carbons (Fsp3) is 0.250. The number of hydrogen-bond donors (Lipinski definition) is 1. The van der Waals surface area contributed by atoms with E-state index in [0.29, 0.717) is 18.4 Å². The number of nitrogens with two attached hydrogens (primary N) is 1. The van der Waals surface area contributed by atoms with E-state index in [-0.39, 0.29) is 5.78 Å². The van der Waals surface area contributed by atoms with Crippen LogP contribution in [0.15, 0.2) is 39.4 Å². The number of amides is 1. The number of dihydropyridines is 1. The van der Waals surface area contributed by atoms with Gasteiger partial charge < -0.3 is 5.73 Å². The molecule has 0 fully saturated rings. The van der Waals surface area contributed by atoms with Crippen LogP contribution in [0.2, 0.25) is 0 Å². The first-order valence-corrected chi connectivity index (χ1v) is 6.17. The maximum Gasteiger partial charge on any atom is 0.249 e. The van der Waals surface area contributed by atoms with Gasteiger partial charge in [-0.2, -0.15) is 0 Å². The normalized spacial score (nSPS) is 30.1. The van der Waals surface area contributed by atoms with E-state index in [1.807, 2.05) is 6.08 Å². The van der Waals surface area contributed by atoms with Crippen molar-refractivity contribution in [3.05, 3.63) is 34.4 Å². The molecule has 2 heterocycles. The molecule has 1 unspecified atom stereocenters. The Bertz CT molecular complexity index is 557. The third-order valence-electron chi connectivity index (χ3n) is 3.21. The Morgan fingerprint density at radius 2 is 2.35 bits per heavy atom. The summed E-state index contributed by atoms with van der Waals surface area (Å²) in [5, 5.41) is 1.75. The van der Waals surface area contributed by atoms with Crippen molar-refractivity contribution < 1.29 is 9.59 Å². The van der Waals surface area contributed by atoms with E-state index in [0.717, 1.165) is 11.3 Å². The third-order valence-corrected chi connectivity index (χ3v) is 4.54. The molecule has 1 aliphatic carbocycles. The highest BCUT2D eigenvalue weighted by Gasteiger charge is 2.48. The van der Waals surface area contributed by atoms with Gasteiger partial charge in [0.15, 0.2) is 0 Å². The van der Waals surface area contributed by atoms with Gasteiger partial charge in [-0.25, -0.2) is 0 Å². The van der Waals surface area contributed by atoms with Crippen LogP contribution in [-0.2, 0) is 9.59 Å². The summed E-state index contributed by atoms with van der Waals surface area (Å²) >= 11 is 1.46. The number of Topliss-reactive ketones (excluding diaryl/α,β-unsaturated/α-hetero) is 1. The fourth-order valence-electron chi connectivity index (χ4n) is 2.42. The zero-order chi connectivity index (χ0) is 12.0. The number of carbonyl (C=O) groups is 2. The standard InChI is InChI=1S/C12H10N2O2S/c13-11(16)8-6-17-12-5-7(15)1-2-10(12)14-4-3-9(8)12/h2-4,6H,1,5H2,(H2,13,16). The van der Waals surface area contributed by atoms with Gasteiger partial charge in [0.1, 0.15) is 5.78 Å². The predicted octanol–water partition coefficient (Wildman–Crippen LogP) is 1.10. The maximum atomic E-state index is 11.7. The molecule has 0 aromatic heterocycles. The van der Waals surface area contributed by atoms with E-state index in [1.54, 1.807) is 17.7 Å². The Morgan fingerprint density at radius 3 is 3.12 bits per heavy atom. The second kappa shape index (κ2) is 3.43. The highest BCUT2D eigenvalue weighted by molar-refractivity contribution is 8.04. The number of allylic oxidation sites excluding steroid dienone is 2. The largest absolute Gasteiger partial charge is 0.366 e. The molecule has 1 spiro atoms. The van der Waals surface area contributed by atoms with Crippen molar-refractivity contribution in [2.75, 3.05) is 0 Å². The summed E-state index contributed by atoms with van der Waals surface area (Å²) in [6.07, 6.45) is 6.11. The lowest BCUT2D eigenvalue weighted by molar-refractivity contribution is -0.119. The number of thioether (sulfide) groups is 1. The number of hydrogen-bond acceptors (Lipinski definition) is 4. The molecule has 1 amide bonds. The minimum atomic E-state index is -0.492. The summed E-state index contributed by atoms with van der Waals surface area (Å²) in [6, 6.07) is 0. The van der Waals surface area contributed by atoms with Crippen LogP contribution in [0.1, 0.15) is 12.8 Å². The number of ketones is 1. The van der Waals surface area contributed by atoms with E-state index in [4.69, 9.17) is 5.73 Å². The maximum absolute atomic E-state index is 11.7. The molecular formula is C12H10N2O2S. The zero-order valence-electron chi connectivity index (χ0n) is 8.97. The first-order chi connectivity index (χ1) is 8.13. The average Bonchev–Trinajstić information content (AvgIpc) is 2.65. The number of aliphatic imine (C=N–C) groups is 1. The molecule has 17 heavy (non-hydrogen) atoms. The number of nitrogens with zero attached hydrogens (tertiary/aromatic N) is 1. The molecule has 0 aromatic rings. The summed E-state index contributed by atoms with van der Waals surface area (Å²) in [4.78, 5) is 27.3. The van der Waals surface area contributed by atoms with Gasteiger partial charge in [-0.3, -0.25) is 14.6 Å². The van der Waals surface area contributed by atoms with Crippen molar-refractivity contribution in [2.45, 2.75) is 17.6 Å². The van der Waals surface area contributed by atoms with Crippen molar-refractivity contribution in [1.82, 2.24) is 0 Å². The van der Waals surface area contributed by atoms with Gasteiger partial charge in [0, 0.05) is 19.1 Å². The molecular weight excluding hydrogens is 236 g/mol. The van der Waals surface area contributed by atoms with Crippen molar-refractivity contribution in [3.63, 3.8) is 0 Å². The molecule has 4 nitrogen and oxygen atoms in total. The summed E-state index contributed by atoms with van der Waals surface area (Å²) in [7, 11) is 0. The number of carbonyl (C=O) groups excluding carboxylic acids is 2. The summed E-state index contributed by atoms with van der Waals surface area (Å²) < 4.78 is -0.492. The Hall–Kier alpha value is -1.62. The molecule has 1 atom stereocenters. The van der Waals surface area contributed by atoms with Crippen molar-refractivity contribution >= 4 is 29.7 Å². The lowest BCUT2D eigenvalue weighted by Crippen LogP contribution is -2.36. The summed E-state index contributed by atoms with van der Waals surface area (Å²) in [5.41, 5.74) is 7.54. The van der Waals surface area contributed by atoms with Gasteiger partial charge in [-0.05, 0) is 17.1 Å². The second-order valence-electron chi connectivity index (χ2n) is 4.21. The van der Waals surface area contributed by atoms with E-state index in [1.165, 1.54) is 11.8 Å². The minimum Gasteiger partial charge on any atom is -0.366 e. The first kappa shape index (κ1) is 10.5. The number of primary amides is 1. The number of rotatable bonds is 1. The molecule has 0 radical (unpaired) electrons. The van der Waals surface area contributed by atoms with Crippen LogP contribution in [0.5, 0.6) is 0 Å². The molecule has 0 aromatic carbocycles. The Labute approximate surface area is 102 Å². The van der Waals surface area contributed by atoms with Crippen LogP contribution in [0.3, 0.4) is 0 Å². The van der Waals surface area contributed by atoms with E-state index in [2.05, 4.69) is 4.99 Å². The molecule has 2 aliphatic heterocycles. The quantitative estimate of drug-likeness (QED) is 0.753. The topological polar surface area (TPSA) is 72.5 Å². The van der Waals surface area contributed by atoms with Gasteiger partial charge in [0.25, 0.3) is 0 Å². The first-order valence-electron chi connectivity index (χ1n) is 5.29. The summed E-state index contributed by atoms with van der Waals surface area (Å²) in [5.74, 6) is -0.281. The van der Waals surface area contributed by atoms with Crippen LogP contribution in [-0.4, -0.2) is 22.7 Å². The predicted molar refractivity (Wildman–Crippen MR) is 66.5 cm³/mol. The average molecular weight is 246 g/mol. The second-order valence-corrected chi connectivity index (χ2v) is 5.38. The van der Waals surface area contributed by atoms with Crippen molar-refractivity contribution in [1.29, 1.82) is 0 Å². The molecule has 86 valence electrons. The van der Waals surface area contributed by atoms with Crippen LogP contribution in [0, 0.1) is 0 Å². The van der Waals surface area contributed by atoms with Crippen LogP contribution < -0.4 is 5.73 Å². The van der Waals surface area contributed by atoms with Gasteiger partial charge in [-0.15, -0.1) is 11.8 Å². The molecule has 3 aliphatic rings. The van der Waals surface area contributed by atoms with E-state index < -0.39 is 10.7 Å². The molecule has 0 bridgehead atoms. The highest BCUT2D eigenvalue weighted by atomic mass is 32.2. The van der Waals surface area contributed by atoms with Crippen LogP contribution in [0.25, 0.3) is 0 Å². The third kappa shape index (κ3) is 1.35. The van der Waals surface area contributed by atoms with Gasteiger partial charge in [-0.1, -0.05) is 6.08 Å². The van der Waals surface area contributed by atoms with Gasteiger partial charge in [0.05, 0.1) is 16.0 Å². The van der Waals surface area contributed by atoms with Crippen molar-refractivity contribution in [2.24, 2.45) is 10.7 Å². The van der Waals surface area contributed by atoms with Gasteiger partial charge >= 0.3 is 0 Å².